The molecule has 3 aliphatic rings. The summed E-state index contributed by atoms with van der Waals surface area (Å²) in [5.41, 5.74) is 1.30. The predicted octanol–water partition coefficient (Wildman–Crippen LogP) is 3.50. The topological polar surface area (TPSA) is 73.1 Å². The molecule has 0 spiro atoms. The molecule has 1 aromatic carbocycles. The van der Waals surface area contributed by atoms with Crippen LogP contribution in [0.3, 0.4) is 0 Å². The van der Waals surface area contributed by atoms with E-state index in [-0.39, 0.29) is 18.1 Å². The number of amides is 1. The Kier molecular flexibility index (Phi) is 4.79. The van der Waals surface area contributed by atoms with Crippen molar-refractivity contribution < 1.29 is 9.53 Å². The summed E-state index contributed by atoms with van der Waals surface area (Å²) in [7, 11) is 0. The molecule has 2 saturated heterocycles. The highest BCUT2D eigenvalue weighted by Gasteiger charge is 2.44. The summed E-state index contributed by atoms with van der Waals surface area (Å²) in [6.07, 6.45) is 7.93. The number of halogens is 1. The van der Waals surface area contributed by atoms with Crippen LogP contribution in [-0.4, -0.2) is 49.5 Å². The van der Waals surface area contributed by atoms with Crippen LogP contribution in [0.4, 0.5) is 0 Å². The maximum atomic E-state index is 13.5. The molecular formula is C21H20BrN5O2. The summed E-state index contributed by atoms with van der Waals surface area (Å²) in [5.74, 6) is 1.04. The summed E-state index contributed by atoms with van der Waals surface area (Å²) >= 11 is 3.40. The van der Waals surface area contributed by atoms with Crippen LogP contribution in [0, 0.1) is 5.92 Å². The molecule has 29 heavy (non-hydrogen) atoms. The molecule has 0 N–H and O–H groups in total. The van der Waals surface area contributed by atoms with Crippen molar-refractivity contribution in [3.63, 3.8) is 0 Å². The van der Waals surface area contributed by atoms with Gasteiger partial charge in [-0.1, -0.05) is 12.1 Å². The van der Waals surface area contributed by atoms with Crippen LogP contribution in [-0.2, 0) is 0 Å². The van der Waals surface area contributed by atoms with Crippen molar-refractivity contribution >= 4 is 21.8 Å². The zero-order valence-corrected chi connectivity index (χ0v) is 17.3. The number of pyridine rings is 1. The van der Waals surface area contributed by atoms with Crippen molar-refractivity contribution in [1.82, 2.24) is 24.9 Å². The summed E-state index contributed by atoms with van der Waals surface area (Å²) in [6.45, 7) is 0.762. The minimum Gasteiger partial charge on any atom is -0.472 e. The van der Waals surface area contributed by atoms with E-state index in [1.807, 2.05) is 41.3 Å². The van der Waals surface area contributed by atoms with Crippen molar-refractivity contribution in [3.05, 3.63) is 65.0 Å². The van der Waals surface area contributed by atoms with E-state index in [1.54, 1.807) is 18.6 Å². The van der Waals surface area contributed by atoms with E-state index in [2.05, 4.69) is 31.1 Å². The Morgan fingerprint density at radius 1 is 1.10 bits per heavy atom. The molecular weight excluding hydrogens is 434 g/mol. The lowest BCUT2D eigenvalue weighted by atomic mass is 9.77. The van der Waals surface area contributed by atoms with Crippen LogP contribution >= 0.6 is 15.9 Å². The number of benzene rings is 1. The molecule has 2 bridgehead atoms. The fraction of sp³-hybridized carbons (Fsp3) is 0.333. The SMILES string of the molecule is O=C(c1ccccc1-n1nccn1)N1C[C@H]2CC[C@H]1[C@H](Oc1ccc(Br)cn1)C2. The number of carbonyl (C=O) groups is 1. The van der Waals surface area contributed by atoms with E-state index >= 15 is 0 Å². The Morgan fingerprint density at radius 3 is 2.69 bits per heavy atom. The average molecular weight is 454 g/mol. The fourth-order valence-corrected chi connectivity index (χ4v) is 4.64. The Morgan fingerprint density at radius 2 is 1.93 bits per heavy atom. The van der Waals surface area contributed by atoms with Gasteiger partial charge in [0.2, 0.25) is 5.88 Å². The quantitative estimate of drug-likeness (QED) is 0.604. The lowest BCUT2D eigenvalue weighted by Crippen LogP contribution is -2.59. The van der Waals surface area contributed by atoms with Crippen LogP contribution in [0.5, 0.6) is 5.88 Å². The van der Waals surface area contributed by atoms with Crippen LogP contribution < -0.4 is 4.74 Å². The number of nitrogens with zero attached hydrogens (tertiary/aromatic N) is 5. The van der Waals surface area contributed by atoms with Gasteiger partial charge in [-0.25, -0.2) is 4.98 Å². The zero-order valence-electron chi connectivity index (χ0n) is 15.7. The Bertz CT molecular complexity index is 1010. The normalized spacial score (nSPS) is 23.2. The van der Waals surface area contributed by atoms with Gasteiger partial charge in [0.25, 0.3) is 5.91 Å². The van der Waals surface area contributed by atoms with E-state index in [0.717, 1.165) is 30.3 Å². The van der Waals surface area contributed by atoms with Crippen LogP contribution in [0.25, 0.3) is 5.69 Å². The van der Waals surface area contributed by atoms with Gasteiger partial charge in [-0.3, -0.25) is 4.79 Å². The van der Waals surface area contributed by atoms with E-state index in [0.29, 0.717) is 23.0 Å². The lowest BCUT2D eigenvalue weighted by Gasteiger charge is -2.49. The van der Waals surface area contributed by atoms with Gasteiger partial charge in [0.05, 0.1) is 29.7 Å². The molecule has 1 amide bonds. The molecule has 8 heteroatoms. The number of ether oxygens (including phenoxy) is 1. The number of fused-ring (bicyclic) bond motifs is 3. The van der Waals surface area contributed by atoms with Gasteiger partial charge in [-0.05, 0) is 59.3 Å². The third kappa shape index (κ3) is 3.53. The number of para-hydroxylation sites is 1. The van der Waals surface area contributed by atoms with Gasteiger partial charge in [-0.15, -0.1) is 0 Å². The minimum absolute atomic E-state index is 0.00432. The van der Waals surface area contributed by atoms with Gasteiger partial charge >= 0.3 is 0 Å². The largest absolute Gasteiger partial charge is 0.472 e. The fourth-order valence-electron chi connectivity index (χ4n) is 4.40. The van der Waals surface area contributed by atoms with Crippen molar-refractivity contribution in [1.29, 1.82) is 0 Å². The van der Waals surface area contributed by atoms with E-state index < -0.39 is 0 Å². The van der Waals surface area contributed by atoms with Crippen molar-refractivity contribution in [2.24, 2.45) is 5.92 Å². The molecule has 6 rings (SSSR count). The van der Waals surface area contributed by atoms with Gasteiger partial charge in [0.15, 0.2) is 0 Å². The second-order valence-electron chi connectivity index (χ2n) is 7.51. The van der Waals surface area contributed by atoms with E-state index in [9.17, 15) is 4.79 Å². The molecule has 0 unspecified atom stereocenters. The molecule has 3 fully saturated rings. The van der Waals surface area contributed by atoms with Crippen molar-refractivity contribution in [2.45, 2.75) is 31.4 Å². The molecule has 148 valence electrons. The van der Waals surface area contributed by atoms with Gasteiger partial charge in [-0.2, -0.15) is 15.0 Å². The molecule has 4 heterocycles. The van der Waals surface area contributed by atoms with E-state index in [4.69, 9.17) is 4.74 Å². The maximum absolute atomic E-state index is 13.5. The van der Waals surface area contributed by atoms with Gasteiger partial charge < -0.3 is 9.64 Å². The van der Waals surface area contributed by atoms with Gasteiger partial charge in [0, 0.05) is 23.3 Å². The third-order valence-electron chi connectivity index (χ3n) is 5.72. The maximum Gasteiger partial charge on any atom is 0.256 e. The number of hydrogen-bond acceptors (Lipinski definition) is 5. The van der Waals surface area contributed by atoms with Crippen LogP contribution in [0.2, 0.25) is 0 Å². The monoisotopic (exact) mass is 453 g/mol. The number of hydrogen-bond donors (Lipinski definition) is 0. The summed E-state index contributed by atoms with van der Waals surface area (Å²) in [5, 5.41) is 8.40. The molecule has 3 aromatic rings. The number of piperidine rings is 2. The Hall–Kier alpha value is -2.74. The molecule has 1 aliphatic carbocycles. The molecule has 0 radical (unpaired) electrons. The zero-order chi connectivity index (χ0) is 19.8. The molecule has 3 atom stereocenters. The van der Waals surface area contributed by atoms with Crippen LogP contribution in [0.1, 0.15) is 29.6 Å². The van der Waals surface area contributed by atoms with Crippen LogP contribution in [0.15, 0.2) is 59.5 Å². The average Bonchev–Trinajstić information content (AvgIpc) is 3.30. The number of aromatic nitrogens is 4. The summed E-state index contributed by atoms with van der Waals surface area (Å²) in [4.78, 5) is 21.3. The highest BCUT2D eigenvalue weighted by Crippen LogP contribution is 2.38. The highest BCUT2D eigenvalue weighted by molar-refractivity contribution is 9.10. The lowest BCUT2D eigenvalue weighted by molar-refractivity contribution is -0.0313. The minimum atomic E-state index is -0.0462. The second-order valence-corrected chi connectivity index (χ2v) is 8.43. The number of carbonyl (C=O) groups excluding carboxylic acids is 1. The number of rotatable bonds is 4. The Balaban J connectivity index is 1.41. The van der Waals surface area contributed by atoms with Gasteiger partial charge in [0.1, 0.15) is 6.10 Å². The summed E-state index contributed by atoms with van der Waals surface area (Å²) < 4.78 is 7.12. The first-order valence-corrected chi connectivity index (χ1v) is 10.5. The molecule has 2 aliphatic heterocycles. The first kappa shape index (κ1) is 18.3. The molecule has 1 saturated carbocycles. The van der Waals surface area contributed by atoms with E-state index in [1.165, 1.54) is 4.80 Å². The van der Waals surface area contributed by atoms with Crippen molar-refractivity contribution in [3.8, 4) is 11.6 Å². The summed E-state index contributed by atoms with van der Waals surface area (Å²) in [6, 6.07) is 11.3. The molecule has 2 aromatic heterocycles. The molecule has 7 nitrogen and oxygen atoms in total. The van der Waals surface area contributed by atoms with Crippen molar-refractivity contribution in [2.75, 3.05) is 6.54 Å². The highest BCUT2D eigenvalue weighted by atomic mass is 79.9. The predicted molar refractivity (Wildman–Crippen MR) is 110 cm³/mol. The standard InChI is InChI=1S/C21H20BrN5O2/c22-15-6-8-20(23-12-15)29-19-11-14-5-7-18(19)26(13-14)21(28)16-3-1-2-4-17(16)27-24-9-10-25-27/h1-4,6,8-10,12,14,18-19H,5,7,11,13H2/t14-,18-,19+/m0/s1. The first-order valence-electron chi connectivity index (χ1n) is 9.74. The first-order chi connectivity index (χ1) is 14.2. The second kappa shape index (κ2) is 7.59. The third-order valence-corrected chi connectivity index (χ3v) is 6.19. The smallest absolute Gasteiger partial charge is 0.256 e. The Labute approximate surface area is 176 Å².